The Bertz CT molecular complexity index is 1210. The van der Waals surface area contributed by atoms with E-state index < -0.39 is 21.5 Å². The molecular formula is C17H12Cl2N4O4S. The van der Waals surface area contributed by atoms with Gasteiger partial charge in [-0.3, -0.25) is 9.59 Å². The van der Waals surface area contributed by atoms with Crippen molar-refractivity contribution >= 4 is 44.8 Å². The molecule has 0 saturated heterocycles. The number of nitrogens with zero attached hydrogens (tertiary/aromatic N) is 2. The minimum atomic E-state index is -3.80. The van der Waals surface area contributed by atoms with Crippen LogP contribution in [0.2, 0.25) is 10.0 Å². The van der Waals surface area contributed by atoms with Crippen LogP contribution < -0.4 is 16.0 Å². The van der Waals surface area contributed by atoms with Crippen LogP contribution in [-0.2, 0) is 10.0 Å². The summed E-state index contributed by atoms with van der Waals surface area (Å²) in [6.07, 6.45) is 1.25. The molecule has 0 radical (unpaired) electrons. The van der Waals surface area contributed by atoms with Crippen molar-refractivity contribution < 1.29 is 13.2 Å². The van der Waals surface area contributed by atoms with Gasteiger partial charge in [-0.2, -0.15) is 9.78 Å². The summed E-state index contributed by atoms with van der Waals surface area (Å²) in [5.74, 6) is -0.427. The lowest BCUT2D eigenvalue weighted by atomic mass is 10.2. The predicted molar refractivity (Wildman–Crippen MR) is 106 cm³/mol. The maximum absolute atomic E-state index is 12.3. The van der Waals surface area contributed by atoms with Crippen molar-refractivity contribution in [3.05, 3.63) is 80.7 Å². The fourth-order valence-corrected chi connectivity index (χ4v) is 3.05. The first-order chi connectivity index (χ1) is 13.2. The van der Waals surface area contributed by atoms with Gasteiger partial charge in [-0.1, -0.05) is 23.2 Å². The van der Waals surface area contributed by atoms with Gasteiger partial charge in [0.2, 0.25) is 10.0 Å². The fourth-order valence-electron chi connectivity index (χ4n) is 2.28. The highest BCUT2D eigenvalue weighted by molar-refractivity contribution is 7.89. The quantitative estimate of drug-likeness (QED) is 0.646. The number of sulfonamides is 1. The zero-order valence-electron chi connectivity index (χ0n) is 14.0. The number of benzene rings is 2. The average Bonchev–Trinajstić information content (AvgIpc) is 2.66. The second-order valence-electron chi connectivity index (χ2n) is 5.59. The number of rotatable bonds is 4. The number of carbonyl (C=O) groups is 1. The zero-order valence-corrected chi connectivity index (χ0v) is 16.3. The normalized spacial score (nSPS) is 11.2. The Balaban J connectivity index is 1.79. The van der Waals surface area contributed by atoms with Crippen LogP contribution in [0.15, 0.2) is 64.4 Å². The van der Waals surface area contributed by atoms with Crippen LogP contribution in [0.3, 0.4) is 0 Å². The standard InChI is InChI=1S/C17H12Cl2N4O4S/c18-14-9-21-23(17(25)15(14)19)12-5-1-10(2-6-12)16(24)22-11-3-7-13(8-4-11)28(20,26)27/h1-9H,(H,22,24)(H2,20,26,27). The van der Waals surface area contributed by atoms with Crippen molar-refractivity contribution in [1.82, 2.24) is 9.78 Å². The molecule has 11 heteroatoms. The number of nitrogens with two attached hydrogens (primary N) is 1. The summed E-state index contributed by atoms with van der Waals surface area (Å²) < 4.78 is 23.5. The third-order valence-electron chi connectivity index (χ3n) is 3.69. The average molecular weight is 439 g/mol. The number of aromatic nitrogens is 2. The first-order valence-corrected chi connectivity index (χ1v) is 9.95. The number of halogens is 2. The highest BCUT2D eigenvalue weighted by Gasteiger charge is 2.12. The van der Waals surface area contributed by atoms with E-state index >= 15 is 0 Å². The number of hydrogen-bond acceptors (Lipinski definition) is 5. The number of carbonyl (C=O) groups excluding carboxylic acids is 1. The Kier molecular flexibility index (Phi) is 5.52. The summed E-state index contributed by atoms with van der Waals surface area (Å²) >= 11 is 11.6. The second-order valence-corrected chi connectivity index (χ2v) is 7.94. The predicted octanol–water partition coefficient (Wildman–Crippen LogP) is 2.44. The van der Waals surface area contributed by atoms with Crippen molar-refractivity contribution in [3.8, 4) is 5.69 Å². The molecule has 0 bridgehead atoms. The summed E-state index contributed by atoms with van der Waals surface area (Å²) in [6.45, 7) is 0. The van der Waals surface area contributed by atoms with Gasteiger partial charge >= 0.3 is 0 Å². The zero-order chi connectivity index (χ0) is 20.5. The van der Waals surface area contributed by atoms with Crippen LogP contribution in [0, 0.1) is 0 Å². The highest BCUT2D eigenvalue weighted by atomic mass is 35.5. The third-order valence-corrected chi connectivity index (χ3v) is 5.37. The van der Waals surface area contributed by atoms with Crippen molar-refractivity contribution in [2.45, 2.75) is 4.90 Å². The minimum Gasteiger partial charge on any atom is -0.322 e. The molecular weight excluding hydrogens is 427 g/mol. The Morgan fingerprint density at radius 3 is 2.21 bits per heavy atom. The van der Waals surface area contributed by atoms with Gasteiger partial charge in [-0.15, -0.1) is 0 Å². The van der Waals surface area contributed by atoms with Crippen molar-refractivity contribution in [2.75, 3.05) is 5.32 Å². The van der Waals surface area contributed by atoms with Gasteiger partial charge in [0.25, 0.3) is 11.5 Å². The monoisotopic (exact) mass is 438 g/mol. The van der Waals surface area contributed by atoms with E-state index in [0.29, 0.717) is 16.9 Å². The van der Waals surface area contributed by atoms with Gasteiger partial charge in [0.1, 0.15) is 5.02 Å². The van der Waals surface area contributed by atoms with Crippen LogP contribution in [-0.4, -0.2) is 24.1 Å². The number of amides is 1. The summed E-state index contributed by atoms with van der Waals surface area (Å²) in [4.78, 5) is 24.4. The topological polar surface area (TPSA) is 124 Å². The van der Waals surface area contributed by atoms with E-state index in [1.165, 1.54) is 54.7 Å². The second kappa shape index (κ2) is 7.72. The molecule has 1 heterocycles. The van der Waals surface area contributed by atoms with Crippen LogP contribution in [0.25, 0.3) is 5.69 Å². The van der Waals surface area contributed by atoms with E-state index in [1.54, 1.807) is 0 Å². The summed E-state index contributed by atoms with van der Waals surface area (Å²) in [6, 6.07) is 11.5. The Morgan fingerprint density at radius 2 is 1.64 bits per heavy atom. The molecule has 0 fully saturated rings. The molecule has 3 aromatic rings. The molecule has 1 aromatic heterocycles. The van der Waals surface area contributed by atoms with Gasteiger partial charge in [-0.25, -0.2) is 13.6 Å². The molecule has 0 atom stereocenters. The maximum Gasteiger partial charge on any atom is 0.291 e. The maximum atomic E-state index is 12.3. The van der Waals surface area contributed by atoms with E-state index in [4.69, 9.17) is 28.3 Å². The summed E-state index contributed by atoms with van der Waals surface area (Å²) in [7, 11) is -3.80. The number of anilines is 1. The first-order valence-electron chi connectivity index (χ1n) is 7.65. The Morgan fingerprint density at radius 1 is 1.04 bits per heavy atom. The summed E-state index contributed by atoms with van der Waals surface area (Å²) in [5, 5.41) is 11.5. The molecule has 0 aliphatic rings. The van der Waals surface area contributed by atoms with E-state index in [9.17, 15) is 18.0 Å². The molecule has 0 spiro atoms. The lowest BCUT2D eigenvalue weighted by molar-refractivity contribution is 0.102. The molecule has 1 amide bonds. The van der Waals surface area contributed by atoms with E-state index in [-0.39, 0.29) is 14.9 Å². The molecule has 0 aliphatic heterocycles. The largest absolute Gasteiger partial charge is 0.322 e. The molecule has 0 aliphatic carbocycles. The van der Waals surface area contributed by atoms with Crippen LogP contribution in [0.4, 0.5) is 5.69 Å². The fraction of sp³-hybridized carbons (Fsp3) is 0. The summed E-state index contributed by atoms with van der Waals surface area (Å²) in [5.41, 5.74) is 0.523. The van der Waals surface area contributed by atoms with Crippen LogP contribution >= 0.6 is 23.2 Å². The van der Waals surface area contributed by atoms with Crippen molar-refractivity contribution in [1.29, 1.82) is 0 Å². The third kappa shape index (κ3) is 4.23. The van der Waals surface area contributed by atoms with Gasteiger partial charge in [0.15, 0.2) is 0 Å². The van der Waals surface area contributed by atoms with Gasteiger partial charge in [0, 0.05) is 11.3 Å². The Labute approximate surface area is 169 Å². The van der Waals surface area contributed by atoms with Crippen molar-refractivity contribution in [3.63, 3.8) is 0 Å². The molecule has 144 valence electrons. The molecule has 0 unspecified atom stereocenters. The van der Waals surface area contributed by atoms with Crippen molar-refractivity contribution in [2.24, 2.45) is 5.14 Å². The molecule has 8 nitrogen and oxygen atoms in total. The van der Waals surface area contributed by atoms with E-state index in [0.717, 1.165) is 4.68 Å². The van der Waals surface area contributed by atoms with Gasteiger partial charge < -0.3 is 5.32 Å². The molecule has 3 N–H and O–H groups in total. The van der Waals surface area contributed by atoms with Crippen LogP contribution in [0.5, 0.6) is 0 Å². The molecule has 3 rings (SSSR count). The van der Waals surface area contributed by atoms with E-state index in [2.05, 4.69) is 10.4 Å². The Hall–Kier alpha value is -2.72. The van der Waals surface area contributed by atoms with Gasteiger partial charge in [0.05, 0.1) is 21.8 Å². The minimum absolute atomic E-state index is 0.0485. The number of nitrogens with one attached hydrogen (secondary N) is 1. The lowest BCUT2D eigenvalue weighted by Gasteiger charge is -2.08. The smallest absolute Gasteiger partial charge is 0.291 e. The molecule has 28 heavy (non-hydrogen) atoms. The first kappa shape index (κ1) is 20.0. The molecule has 0 saturated carbocycles. The number of primary sulfonamides is 1. The number of hydrogen-bond donors (Lipinski definition) is 2. The van der Waals surface area contributed by atoms with Gasteiger partial charge in [-0.05, 0) is 48.5 Å². The highest BCUT2D eigenvalue weighted by Crippen LogP contribution is 2.17. The van der Waals surface area contributed by atoms with Crippen LogP contribution in [0.1, 0.15) is 10.4 Å². The SMILES string of the molecule is NS(=O)(=O)c1ccc(NC(=O)c2ccc(-n3ncc(Cl)c(Cl)c3=O)cc2)cc1. The van der Waals surface area contributed by atoms with E-state index in [1.807, 2.05) is 0 Å². The molecule has 2 aromatic carbocycles. The lowest BCUT2D eigenvalue weighted by Crippen LogP contribution is -2.21.